The van der Waals surface area contributed by atoms with Crippen LogP contribution in [0.1, 0.15) is 31.2 Å². The van der Waals surface area contributed by atoms with Crippen LogP contribution in [0.25, 0.3) is 0 Å². The highest BCUT2D eigenvalue weighted by atomic mass is 35.5. The van der Waals surface area contributed by atoms with Gasteiger partial charge in [-0.2, -0.15) is 0 Å². The first-order chi connectivity index (χ1) is 18.6. The number of halogens is 3. The molecule has 2 aromatic rings. The van der Waals surface area contributed by atoms with E-state index in [1.807, 2.05) is 4.90 Å². The van der Waals surface area contributed by atoms with Crippen LogP contribution in [-0.2, 0) is 20.9 Å². The molecule has 2 aromatic carbocycles. The van der Waals surface area contributed by atoms with Crippen LogP contribution in [0.5, 0.6) is 5.75 Å². The Morgan fingerprint density at radius 2 is 1.92 bits per heavy atom. The topological polar surface area (TPSA) is 125 Å². The van der Waals surface area contributed by atoms with Crippen LogP contribution in [0.4, 0.5) is 4.39 Å². The summed E-state index contributed by atoms with van der Waals surface area (Å²) in [6.07, 6.45) is 0.585. The van der Waals surface area contributed by atoms with Crippen molar-refractivity contribution in [3.8, 4) is 5.75 Å². The van der Waals surface area contributed by atoms with Gasteiger partial charge in [0.1, 0.15) is 24.2 Å². The average Bonchev–Trinajstić information content (AvgIpc) is 3.24. The van der Waals surface area contributed by atoms with Gasteiger partial charge in [0.25, 0.3) is 0 Å². The molecule has 0 bridgehead atoms. The number of aliphatic carboxylic acids is 1. The van der Waals surface area contributed by atoms with Crippen molar-refractivity contribution >= 4 is 41.0 Å². The summed E-state index contributed by atoms with van der Waals surface area (Å²) in [5, 5.41) is 12.9. The molecule has 9 nitrogen and oxygen atoms in total. The lowest BCUT2D eigenvalue weighted by Crippen LogP contribution is -2.53. The van der Waals surface area contributed by atoms with Crippen LogP contribution in [0.2, 0.25) is 10.0 Å². The Balaban J connectivity index is 1.50. The van der Waals surface area contributed by atoms with Gasteiger partial charge in [0.2, 0.25) is 11.8 Å². The highest BCUT2D eigenvalue weighted by Crippen LogP contribution is 2.29. The molecule has 4 N–H and O–H groups in total. The predicted octanol–water partition coefficient (Wildman–Crippen LogP) is 3.06. The zero-order valence-corrected chi connectivity index (χ0v) is 22.7. The number of nitrogens with zero attached hydrogens (tertiary/aromatic N) is 2. The third kappa shape index (κ3) is 7.39. The Hall–Kier alpha value is -2.92. The van der Waals surface area contributed by atoms with Crippen molar-refractivity contribution in [2.45, 2.75) is 56.4 Å². The molecule has 0 saturated carbocycles. The molecule has 4 atom stereocenters. The molecule has 39 heavy (non-hydrogen) atoms. The number of carboxylic acid groups (broad SMARTS) is 1. The van der Waals surface area contributed by atoms with Crippen LogP contribution < -0.4 is 15.8 Å². The van der Waals surface area contributed by atoms with Crippen molar-refractivity contribution in [3.63, 3.8) is 0 Å². The number of hydrogen-bond donors (Lipinski definition) is 3. The minimum absolute atomic E-state index is 0.0379. The zero-order valence-electron chi connectivity index (χ0n) is 21.2. The van der Waals surface area contributed by atoms with Gasteiger partial charge >= 0.3 is 5.97 Å². The van der Waals surface area contributed by atoms with Gasteiger partial charge in [-0.25, -0.2) is 4.39 Å². The van der Waals surface area contributed by atoms with Crippen molar-refractivity contribution in [2.75, 3.05) is 19.7 Å². The fraction of sp³-hybridized carbons (Fsp3) is 0.444. The summed E-state index contributed by atoms with van der Waals surface area (Å²) < 4.78 is 19.2. The molecule has 0 radical (unpaired) electrons. The zero-order chi connectivity index (χ0) is 28.1. The van der Waals surface area contributed by atoms with E-state index in [4.69, 9.17) is 33.7 Å². The van der Waals surface area contributed by atoms with Crippen LogP contribution in [0.3, 0.4) is 0 Å². The van der Waals surface area contributed by atoms with E-state index in [1.165, 1.54) is 29.2 Å². The maximum absolute atomic E-state index is 13.8. The van der Waals surface area contributed by atoms with Crippen molar-refractivity contribution in [3.05, 3.63) is 63.9 Å². The molecule has 2 aliphatic heterocycles. The molecular formula is C27H31Cl2FN4O5. The maximum atomic E-state index is 13.8. The van der Waals surface area contributed by atoms with E-state index in [-0.39, 0.29) is 56.3 Å². The van der Waals surface area contributed by atoms with Gasteiger partial charge in [0.05, 0.1) is 16.1 Å². The highest BCUT2D eigenvalue weighted by molar-refractivity contribution is 6.42. The summed E-state index contributed by atoms with van der Waals surface area (Å²) in [5.41, 5.74) is 6.95. The normalized spacial score (nSPS) is 22.2. The molecule has 2 amide bonds. The Morgan fingerprint density at radius 3 is 2.62 bits per heavy atom. The first-order valence-corrected chi connectivity index (χ1v) is 13.5. The van der Waals surface area contributed by atoms with E-state index in [9.17, 15) is 23.9 Å². The fourth-order valence-electron chi connectivity index (χ4n) is 5.15. The Kier molecular flexibility index (Phi) is 9.66. The lowest BCUT2D eigenvalue weighted by atomic mass is 10.1. The predicted molar refractivity (Wildman–Crippen MR) is 144 cm³/mol. The van der Waals surface area contributed by atoms with E-state index in [0.717, 1.165) is 0 Å². The van der Waals surface area contributed by atoms with Crippen LogP contribution >= 0.6 is 23.2 Å². The third-order valence-electron chi connectivity index (χ3n) is 7.13. The number of carbonyl (C=O) groups excluding carboxylic acids is 2. The van der Waals surface area contributed by atoms with Gasteiger partial charge in [-0.05, 0) is 61.2 Å². The molecule has 1 unspecified atom stereocenters. The second-order valence-electron chi connectivity index (χ2n) is 9.86. The summed E-state index contributed by atoms with van der Waals surface area (Å²) >= 11 is 12.1. The minimum Gasteiger partial charge on any atom is -0.492 e. The minimum atomic E-state index is -1.06. The SMILES string of the molecule is N[C@@H]1C[C@H]2C(=O)N([C@H](CCC(=O)O)C(=O)NCc3ccc(Cl)c(Cl)c3)CCC(COc3ccc(F)cc3)N2C1. The second-order valence-corrected chi connectivity index (χ2v) is 10.7. The van der Waals surface area contributed by atoms with Gasteiger partial charge < -0.3 is 25.8 Å². The van der Waals surface area contributed by atoms with E-state index in [1.54, 1.807) is 18.2 Å². The molecule has 0 spiro atoms. The van der Waals surface area contributed by atoms with Crippen molar-refractivity contribution in [1.29, 1.82) is 0 Å². The van der Waals surface area contributed by atoms with E-state index in [0.29, 0.717) is 40.7 Å². The highest BCUT2D eigenvalue weighted by Gasteiger charge is 2.46. The third-order valence-corrected chi connectivity index (χ3v) is 7.87. The van der Waals surface area contributed by atoms with Crippen molar-refractivity contribution in [2.24, 2.45) is 5.73 Å². The lowest BCUT2D eigenvalue weighted by molar-refractivity contribution is -0.144. The number of benzene rings is 2. The number of nitrogens with one attached hydrogen (secondary N) is 1. The number of carboxylic acids is 1. The van der Waals surface area contributed by atoms with E-state index < -0.39 is 24.0 Å². The van der Waals surface area contributed by atoms with Gasteiger partial charge in [-0.1, -0.05) is 29.3 Å². The maximum Gasteiger partial charge on any atom is 0.303 e. The molecule has 12 heteroatoms. The molecule has 0 aromatic heterocycles. The second kappa shape index (κ2) is 13.0. The first kappa shape index (κ1) is 29.1. The quantitative estimate of drug-likeness (QED) is 0.394. The summed E-state index contributed by atoms with van der Waals surface area (Å²) in [6, 6.07) is 8.74. The van der Waals surface area contributed by atoms with Gasteiger partial charge in [0.15, 0.2) is 0 Å². The number of amides is 2. The lowest BCUT2D eigenvalue weighted by Gasteiger charge is -2.32. The van der Waals surface area contributed by atoms with E-state index in [2.05, 4.69) is 5.32 Å². The summed E-state index contributed by atoms with van der Waals surface area (Å²) in [4.78, 5) is 42.0. The number of fused-ring (bicyclic) bond motifs is 1. The number of hydrogen-bond acceptors (Lipinski definition) is 6. The molecule has 2 aliphatic rings. The van der Waals surface area contributed by atoms with Crippen molar-refractivity contribution < 1.29 is 28.6 Å². The largest absolute Gasteiger partial charge is 0.492 e. The van der Waals surface area contributed by atoms with Gasteiger partial charge in [-0.15, -0.1) is 0 Å². The molecule has 0 aliphatic carbocycles. The van der Waals surface area contributed by atoms with Crippen LogP contribution in [-0.4, -0.2) is 76.6 Å². The number of ether oxygens (including phenoxy) is 1. The van der Waals surface area contributed by atoms with Gasteiger partial charge in [0, 0.05) is 38.1 Å². The first-order valence-electron chi connectivity index (χ1n) is 12.8. The summed E-state index contributed by atoms with van der Waals surface area (Å²) in [6.45, 7) is 1.11. The Morgan fingerprint density at radius 1 is 1.18 bits per heavy atom. The smallest absolute Gasteiger partial charge is 0.303 e. The molecule has 2 heterocycles. The summed E-state index contributed by atoms with van der Waals surface area (Å²) in [7, 11) is 0. The fourth-order valence-corrected chi connectivity index (χ4v) is 5.47. The summed E-state index contributed by atoms with van der Waals surface area (Å²) in [5.74, 6) is -1.63. The molecular weight excluding hydrogens is 550 g/mol. The van der Waals surface area contributed by atoms with Crippen LogP contribution in [0.15, 0.2) is 42.5 Å². The molecule has 4 rings (SSSR count). The molecule has 2 saturated heterocycles. The number of rotatable bonds is 10. The average molecular weight is 581 g/mol. The van der Waals surface area contributed by atoms with E-state index >= 15 is 0 Å². The Bertz CT molecular complexity index is 1200. The number of nitrogens with two attached hydrogens (primary N) is 1. The van der Waals surface area contributed by atoms with Crippen LogP contribution in [0, 0.1) is 5.82 Å². The monoisotopic (exact) mass is 580 g/mol. The Labute approximate surface area is 236 Å². The molecule has 2 fully saturated rings. The molecule has 210 valence electrons. The number of carbonyl (C=O) groups is 3. The van der Waals surface area contributed by atoms with Gasteiger partial charge in [-0.3, -0.25) is 19.3 Å². The van der Waals surface area contributed by atoms with Crippen molar-refractivity contribution in [1.82, 2.24) is 15.1 Å². The standard InChI is InChI=1S/C27H31Cl2FN4O5/c28-21-6-1-16(11-22(21)29)13-32-26(37)23(7-8-25(35)36)33-10-9-19(15-39-20-4-2-17(30)3-5-20)34-14-18(31)12-24(34)27(33)38/h1-6,11,18-19,23-24H,7-10,12-15,31H2,(H,32,37)(H,35,36)/t18-,19?,23-,24+/m1/s1.